The monoisotopic (exact) mass is 331 g/mol. The summed E-state index contributed by atoms with van der Waals surface area (Å²) in [6, 6.07) is 3.51. The zero-order valence-corrected chi connectivity index (χ0v) is 13.0. The summed E-state index contributed by atoms with van der Waals surface area (Å²) in [4.78, 5) is 52.6. The summed E-state index contributed by atoms with van der Waals surface area (Å²) in [5, 5.41) is 6.89. The number of carbonyl (C=O) groups excluding carboxylic acids is 4. The maximum Gasteiger partial charge on any atom is 0.325 e. The number of nitrogens with zero attached hydrogens (tertiary/aromatic N) is 2. The Morgan fingerprint density at radius 2 is 2.17 bits per heavy atom. The minimum atomic E-state index is -1.36. The number of imide groups is 2. The zero-order valence-electron chi connectivity index (χ0n) is 13.0. The molecule has 1 saturated heterocycles. The molecule has 0 bridgehead atoms. The van der Waals surface area contributed by atoms with Gasteiger partial charge in [0.2, 0.25) is 5.91 Å². The second-order valence-electron chi connectivity index (χ2n) is 5.21. The van der Waals surface area contributed by atoms with E-state index in [2.05, 4.69) is 22.2 Å². The largest absolute Gasteiger partial charge is 0.334 e. The van der Waals surface area contributed by atoms with E-state index in [1.54, 1.807) is 18.2 Å². The van der Waals surface area contributed by atoms with Crippen LogP contribution in [0.15, 0.2) is 37.1 Å². The van der Waals surface area contributed by atoms with Gasteiger partial charge >= 0.3 is 12.1 Å². The number of hydrogen-bond donors (Lipinski definition) is 3. The van der Waals surface area contributed by atoms with E-state index in [-0.39, 0.29) is 6.54 Å². The number of hydrogen-bond acceptors (Lipinski definition) is 5. The van der Waals surface area contributed by atoms with Crippen molar-refractivity contribution in [1.29, 1.82) is 0 Å². The van der Waals surface area contributed by atoms with Gasteiger partial charge in [0.15, 0.2) is 5.54 Å². The van der Waals surface area contributed by atoms with Crippen LogP contribution in [0.2, 0.25) is 0 Å². The first-order valence-electron chi connectivity index (χ1n) is 7.12. The van der Waals surface area contributed by atoms with Crippen molar-refractivity contribution in [3.63, 3.8) is 0 Å². The Hall–Kier alpha value is -3.23. The molecule has 1 aliphatic heterocycles. The fraction of sp³-hybridized carbons (Fsp3) is 0.267. The minimum Gasteiger partial charge on any atom is -0.334 e. The highest BCUT2D eigenvalue weighted by atomic mass is 16.2. The first-order chi connectivity index (χ1) is 11.4. The van der Waals surface area contributed by atoms with Crippen LogP contribution in [0, 0.1) is 0 Å². The summed E-state index contributed by atoms with van der Waals surface area (Å²) in [5.41, 5.74) is -1.00. The van der Waals surface area contributed by atoms with Crippen LogP contribution >= 0.6 is 0 Å². The summed E-state index contributed by atoms with van der Waals surface area (Å²) < 4.78 is 0. The van der Waals surface area contributed by atoms with Crippen LogP contribution in [-0.4, -0.2) is 46.8 Å². The molecule has 24 heavy (non-hydrogen) atoms. The summed E-state index contributed by atoms with van der Waals surface area (Å²) in [6.45, 7) is 4.53. The normalized spacial score (nSPS) is 19.6. The third-order valence-corrected chi connectivity index (χ3v) is 3.41. The molecule has 2 heterocycles. The molecule has 1 aromatic heterocycles. The smallest absolute Gasteiger partial charge is 0.325 e. The van der Waals surface area contributed by atoms with Gasteiger partial charge in [-0.1, -0.05) is 12.1 Å². The number of aromatic nitrogens is 1. The average molecular weight is 331 g/mol. The molecule has 3 N–H and O–H groups in total. The van der Waals surface area contributed by atoms with Crippen molar-refractivity contribution >= 4 is 23.9 Å². The average Bonchev–Trinajstić information content (AvgIpc) is 2.78. The lowest BCUT2D eigenvalue weighted by atomic mass is 9.97. The summed E-state index contributed by atoms with van der Waals surface area (Å²) in [5.74, 6) is -1.40. The molecule has 6 amide bonds. The van der Waals surface area contributed by atoms with E-state index in [0.29, 0.717) is 5.69 Å². The van der Waals surface area contributed by atoms with Gasteiger partial charge < -0.3 is 10.6 Å². The Bertz CT molecular complexity index is 690. The number of urea groups is 2. The molecular formula is C15H17N5O4. The highest BCUT2D eigenvalue weighted by Crippen LogP contribution is 2.26. The van der Waals surface area contributed by atoms with Crippen molar-refractivity contribution in [2.45, 2.75) is 12.5 Å². The van der Waals surface area contributed by atoms with Crippen LogP contribution in [0.1, 0.15) is 12.6 Å². The van der Waals surface area contributed by atoms with Gasteiger partial charge in [-0.25, -0.2) is 9.59 Å². The second kappa shape index (κ2) is 6.90. The van der Waals surface area contributed by atoms with Crippen molar-refractivity contribution in [1.82, 2.24) is 25.8 Å². The molecule has 0 saturated carbocycles. The fourth-order valence-corrected chi connectivity index (χ4v) is 2.19. The number of amides is 6. The fourth-order valence-electron chi connectivity index (χ4n) is 2.19. The second-order valence-corrected chi connectivity index (χ2v) is 5.21. The number of pyridine rings is 1. The molecule has 1 aromatic rings. The molecule has 1 aliphatic rings. The van der Waals surface area contributed by atoms with Crippen LogP contribution in [0.5, 0.6) is 0 Å². The zero-order chi connectivity index (χ0) is 17.7. The highest BCUT2D eigenvalue weighted by molar-refractivity contribution is 6.09. The van der Waals surface area contributed by atoms with E-state index in [9.17, 15) is 19.2 Å². The van der Waals surface area contributed by atoms with Crippen molar-refractivity contribution in [2.75, 3.05) is 13.1 Å². The minimum absolute atomic E-state index is 0.181. The van der Waals surface area contributed by atoms with E-state index in [0.717, 1.165) is 4.90 Å². The van der Waals surface area contributed by atoms with Gasteiger partial charge in [0, 0.05) is 12.7 Å². The third kappa shape index (κ3) is 3.40. The van der Waals surface area contributed by atoms with Gasteiger partial charge in [-0.05, 0) is 19.1 Å². The molecule has 9 nitrogen and oxygen atoms in total. The summed E-state index contributed by atoms with van der Waals surface area (Å²) in [6.07, 6.45) is 2.94. The van der Waals surface area contributed by atoms with E-state index in [1.165, 1.54) is 19.2 Å². The Balaban J connectivity index is 2.06. The lowest BCUT2D eigenvalue weighted by Gasteiger charge is -2.20. The molecule has 9 heteroatoms. The van der Waals surface area contributed by atoms with Crippen LogP contribution < -0.4 is 16.0 Å². The van der Waals surface area contributed by atoms with E-state index in [4.69, 9.17) is 0 Å². The van der Waals surface area contributed by atoms with E-state index in [1.807, 2.05) is 5.32 Å². The first kappa shape index (κ1) is 17.1. The lowest BCUT2D eigenvalue weighted by Crippen LogP contribution is -2.47. The molecule has 126 valence electrons. The SMILES string of the molecule is C=CCNC(=O)NC(=O)CN1C(=O)N[C@@](C)(c2ccccn2)C1=O. The number of nitrogens with one attached hydrogen (secondary N) is 3. The Morgan fingerprint density at radius 3 is 2.79 bits per heavy atom. The predicted molar refractivity (Wildman–Crippen MR) is 83.6 cm³/mol. The van der Waals surface area contributed by atoms with Crippen molar-refractivity contribution in [2.24, 2.45) is 0 Å². The number of carbonyl (C=O) groups is 4. The van der Waals surface area contributed by atoms with Crippen LogP contribution in [-0.2, 0) is 15.1 Å². The van der Waals surface area contributed by atoms with Gasteiger partial charge in [-0.2, -0.15) is 0 Å². The van der Waals surface area contributed by atoms with Gasteiger partial charge in [-0.15, -0.1) is 6.58 Å². The molecule has 0 aromatic carbocycles. The van der Waals surface area contributed by atoms with E-state index < -0.39 is 36.0 Å². The quantitative estimate of drug-likeness (QED) is 0.512. The van der Waals surface area contributed by atoms with Gasteiger partial charge in [-0.3, -0.25) is 24.8 Å². The van der Waals surface area contributed by atoms with Crippen LogP contribution in [0.4, 0.5) is 9.59 Å². The standard InChI is InChI=1S/C15H17N5O4/c1-3-7-17-13(23)18-11(21)9-20-12(22)15(2,19-14(20)24)10-6-4-5-8-16-10/h3-6,8H,1,7,9H2,2H3,(H,19,24)(H2,17,18,21,23)/t15-/m0/s1. The summed E-state index contributed by atoms with van der Waals surface area (Å²) in [7, 11) is 0. The number of rotatable bonds is 5. The molecule has 0 spiro atoms. The predicted octanol–water partition coefficient (Wildman–Crippen LogP) is -0.140. The lowest BCUT2D eigenvalue weighted by molar-refractivity contribution is -0.134. The van der Waals surface area contributed by atoms with Crippen molar-refractivity contribution in [3.05, 3.63) is 42.7 Å². The Morgan fingerprint density at radius 1 is 1.42 bits per heavy atom. The van der Waals surface area contributed by atoms with Crippen LogP contribution in [0.25, 0.3) is 0 Å². The Labute approximate surface area is 138 Å². The maximum absolute atomic E-state index is 12.5. The molecule has 0 radical (unpaired) electrons. The molecule has 2 rings (SSSR count). The van der Waals surface area contributed by atoms with Crippen molar-refractivity contribution < 1.29 is 19.2 Å². The molecule has 0 aliphatic carbocycles. The third-order valence-electron chi connectivity index (χ3n) is 3.41. The van der Waals surface area contributed by atoms with Gasteiger partial charge in [0.1, 0.15) is 6.54 Å². The molecule has 1 fully saturated rings. The molecule has 1 atom stereocenters. The molecule has 0 unspecified atom stereocenters. The first-order valence-corrected chi connectivity index (χ1v) is 7.12. The molecular weight excluding hydrogens is 314 g/mol. The summed E-state index contributed by atoms with van der Waals surface area (Å²) >= 11 is 0. The Kier molecular flexibility index (Phi) is 4.93. The topological polar surface area (TPSA) is 120 Å². The van der Waals surface area contributed by atoms with Gasteiger partial charge in [0.25, 0.3) is 5.91 Å². The maximum atomic E-state index is 12.5. The highest BCUT2D eigenvalue weighted by Gasteiger charge is 2.50. The van der Waals surface area contributed by atoms with Crippen LogP contribution in [0.3, 0.4) is 0 Å². The van der Waals surface area contributed by atoms with E-state index >= 15 is 0 Å². The van der Waals surface area contributed by atoms with Gasteiger partial charge in [0.05, 0.1) is 5.69 Å². The van der Waals surface area contributed by atoms with Crippen molar-refractivity contribution in [3.8, 4) is 0 Å².